The van der Waals surface area contributed by atoms with E-state index < -0.39 is 0 Å². The van der Waals surface area contributed by atoms with E-state index >= 15 is 0 Å². The number of amides is 2. The summed E-state index contributed by atoms with van der Waals surface area (Å²) in [5.41, 5.74) is 0. The smallest absolute Gasteiger partial charge is 0.315 e. The molecule has 0 aromatic heterocycles. The molecule has 1 fully saturated rings. The van der Waals surface area contributed by atoms with Gasteiger partial charge < -0.3 is 25.5 Å². The molecule has 3 atom stereocenters. The molecule has 6 nitrogen and oxygen atoms in total. The largest absolute Gasteiger partial charge is 0.396 e. The Morgan fingerprint density at radius 2 is 1.96 bits per heavy atom. The Hall–Kier alpha value is -1.11. The lowest BCUT2D eigenvalue weighted by atomic mass is 10.1. The summed E-state index contributed by atoms with van der Waals surface area (Å²) in [6.07, 6.45) is 4.74. The molecule has 1 aliphatic heterocycles. The number of hydrogen-bond donors (Lipinski definition) is 3. The number of carbonyl (C=O) groups excluding carboxylic acids is 1. The summed E-state index contributed by atoms with van der Waals surface area (Å²) in [6.45, 7) is 12.0. The number of aliphatic hydroxyl groups excluding tert-OH is 1. The van der Waals surface area contributed by atoms with Crippen molar-refractivity contribution in [1.82, 2.24) is 20.4 Å². The zero-order chi connectivity index (χ0) is 16.7. The number of carbonyl (C=O) groups is 1. The first-order valence-electron chi connectivity index (χ1n) is 8.89. The van der Waals surface area contributed by atoms with Crippen LogP contribution in [0.1, 0.15) is 20.3 Å². The molecule has 3 N–H and O–H groups in total. The van der Waals surface area contributed by atoms with Gasteiger partial charge in [0.2, 0.25) is 0 Å². The SMILES string of the molecule is CCN1CCN(CC(C)CNC(=O)N[C@@H]2C=C[C@H](CO)C2)CC1. The second kappa shape index (κ2) is 9.25. The number of rotatable bonds is 7. The van der Waals surface area contributed by atoms with Gasteiger partial charge in [0.15, 0.2) is 0 Å². The highest BCUT2D eigenvalue weighted by Crippen LogP contribution is 2.16. The van der Waals surface area contributed by atoms with Gasteiger partial charge in [0.25, 0.3) is 0 Å². The molecule has 2 aliphatic rings. The molecule has 0 bridgehead atoms. The van der Waals surface area contributed by atoms with E-state index in [4.69, 9.17) is 5.11 Å². The van der Waals surface area contributed by atoms with Crippen molar-refractivity contribution in [3.63, 3.8) is 0 Å². The van der Waals surface area contributed by atoms with Gasteiger partial charge in [-0.05, 0) is 18.9 Å². The van der Waals surface area contributed by atoms with Gasteiger partial charge in [-0.2, -0.15) is 0 Å². The van der Waals surface area contributed by atoms with Gasteiger partial charge in [0.05, 0.1) is 0 Å². The van der Waals surface area contributed by atoms with E-state index in [9.17, 15) is 4.79 Å². The van der Waals surface area contributed by atoms with Gasteiger partial charge in [-0.1, -0.05) is 26.0 Å². The fourth-order valence-electron chi connectivity index (χ4n) is 3.30. The third kappa shape index (κ3) is 6.12. The highest BCUT2D eigenvalue weighted by Gasteiger charge is 2.20. The van der Waals surface area contributed by atoms with Crippen LogP contribution in [0.5, 0.6) is 0 Å². The predicted octanol–water partition coefficient (Wildman–Crippen LogP) is 0.496. The van der Waals surface area contributed by atoms with E-state index in [1.54, 1.807) is 0 Å². The third-order valence-corrected chi connectivity index (χ3v) is 4.82. The summed E-state index contributed by atoms with van der Waals surface area (Å²) in [4.78, 5) is 16.9. The number of urea groups is 1. The first-order valence-corrected chi connectivity index (χ1v) is 8.89. The van der Waals surface area contributed by atoms with Crippen molar-refractivity contribution in [2.24, 2.45) is 11.8 Å². The summed E-state index contributed by atoms with van der Waals surface area (Å²) in [5.74, 6) is 0.624. The zero-order valence-electron chi connectivity index (χ0n) is 14.5. The lowest BCUT2D eigenvalue weighted by Gasteiger charge is -2.35. The van der Waals surface area contributed by atoms with Crippen LogP contribution in [0.25, 0.3) is 0 Å². The number of nitrogens with zero attached hydrogens (tertiary/aromatic N) is 2. The van der Waals surface area contributed by atoms with E-state index in [1.165, 1.54) is 0 Å². The van der Waals surface area contributed by atoms with Crippen LogP contribution in [0.4, 0.5) is 4.79 Å². The second-order valence-electron chi connectivity index (χ2n) is 6.86. The summed E-state index contributed by atoms with van der Waals surface area (Å²) in [5, 5.41) is 15.0. The monoisotopic (exact) mass is 324 g/mol. The topological polar surface area (TPSA) is 67.8 Å². The van der Waals surface area contributed by atoms with E-state index in [2.05, 4.69) is 34.3 Å². The number of piperazine rings is 1. The van der Waals surface area contributed by atoms with Gasteiger partial charge in [0, 0.05) is 57.8 Å². The van der Waals surface area contributed by atoms with E-state index in [-0.39, 0.29) is 24.6 Å². The van der Waals surface area contributed by atoms with Gasteiger partial charge >= 0.3 is 6.03 Å². The van der Waals surface area contributed by atoms with Gasteiger partial charge in [-0.15, -0.1) is 0 Å². The Balaban J connectivity index is 1.58. The number of likely N-dealkylation sites (N-methyl/N-ethyl adjacent to an activating group) is 1. The molecule has 2 rings (SSSR count). The fourth-order valence-corrected chi connectivity index (χ4v) is 3.30. The van der Waals surface area contributed by atoms with Gasteiger partial charge in [0.1, 0.15) is 0 Å². The van der Waals surface area contributed by atoms with E-state index in [0.717, 1.165) is 45.7 Å². The van der Waals surface area contributed by atoms with Crippen LogP contribution < -0.4 is 10.6 Å². The van der Waals surface area contributed by atoms with Gasteiger partial charge in [-0.3, -0.25) is 0 Å². The Morgan fingerprint density at radius 1 is 1.26 bits per heavy atom. The molecule has 23 heavy (non-hydrogen) atoms. The summed E-state index contributed by atoms with van der Waals surface area (Å²) >= 11 is 0. The average Bonchev–Trinajstić information content (AvgIpc) is 3.01. The lowest BCUT2D eigenvalue weighted by molar-refractivity contribution is 0.124. The molecule has 0 aromatic rings. The highest BCUT2D eigenvalue weighted by atomic mass is 16.3. The number of aliphatic hydroxyl groups is 1. The molecule has 1 heterocycles. The molecule has 0 spiro atoms. The molecule has 132 valence electrons. The second-order valence-corrected chi connectivity index (χ2v) is 6.86. The minimum atomic E-state index is -0.110. The van der Waals surface area contributed by atoms with Crippen LogP contribution in [-0.2, 0) is 0 Å². The van der Waals surface area contributed by atoms with Crippen LogP contribution in [-0.4, -0.2) is 79.4 Å². The van der Waals surface area contributed by atoms with Crippen LogP contribution in [0, 0.1) is 11.8 Å². The maximum atomic E-state index is 11.9. The molecular formula is C17H32N4O2. The Kier molecular flexibility index (Phi) is 7.33. The van der Waals surface area contributed by atoms with Crippen LogP contribution in [0.2, 0.25) is 0 Å². The molecule has 0 saturated carbocycles. The van der Waals surface area contributed by atoms with Crippen molar-refractivity contribution in [3.8, 4) is 0 Å². The minimum Gasteiger partial charge on any atom is -0.396 e. The van der Waals surface area contributed by atoms with Crippen molar-refractivity contribution in [1.29, 1.82) is 0 Å². The molecule has 6 heteroatoms. The van der Waals surface area contributed by atoms with Crippen LogP contribution >= 0.6 is 0 Å². The summed E-state index contributed by atoms with van der Waals surface area (Å²) in [7, 11) is 0. The number of hydrogen-bond acceptors (Lipinski definition) is 4. The fraction of sp³-hybridized carbons (Fsp3) is 0.824. The maximum Gasteiger partial charge on any atom is 0.315 e. The van der Waals surface area contributed by atoms with Crippen LogP contribution in [0.3, 0.4) is 0 Å². The van der Waals surface area contributed by atoms with Gasteiger partial charge in [-0.25, -0.2) is 4.79 Å². The Bertz CT molecular complexity index is 394. The first kappa shape index (κ1) is 18.2. The molecule has 1 unspecified atom stereocenters. The zero-order valence-corrected chi connectivity index (χ0v) is 14.5. The quantitative estimate of drug-likeness (QED) is 0.597. The third-order valence-electron chi connectivity index (χ3n) is 4.82. The number of nitrogens with one attached hydrogen (secondary N) is 2. The maximum absolute atomic E-state index is 11.9. The summed E-state index contributed by atoms with van der Waals surface area (Å²) < 4.78 is 0. The lowest BCUT2D eigenvalue weighted by Crippen LogP contribution is -2.49. The van der Waals surface area contributed by atoms with Crippen molar-refractivity contribution in [2.75, 3.05) is 52.4 Å². The van der Waals surface area contributed by atoms with E-state index in [1.807, 2.05) is 12.2 Å². The molecular weight excluding hydrogens is 292 g/mol. The Labute approximate surface area is 139 Å². The minimum absolute atomic E-state index is 0.0459. The van der Waals surface area contributed by atoms with Crippen LogP contribution in [0.15, 0.2) is 12.2 Å². The standard InChI is InChI=1S/C17H32N4O2/c1-3-20-6-8-21(9-7-20)12-14(2)11-18-17(23)19-16-5-4-15(10-16)13-22/h4-5,14-16,22H,3,6-13H2,1-2H3,(H2,18,19,23)/t14?,15-,16+/m0/s1. The van der Waals surface area contributed by atoms with Crippen molar-refractivity contribution in [3.05, 3.63) is 12.2 Å². The summed E-state index contributed by atoms with van der Waals surface area (Å²) in [6, 6.07) is -0.0644. The normalized spacial score (nSPS) is 27.1. The Morgan fingerprint density at radius 3 is 2.57 bits per heavy atom. The molecule has 0 radical (unpaired) electrons. The predicted molar refractivity (Wildman–Crippen MR) is 92.4 cm³/mol. The van der Waals surface area contributed by atoms with E-state index in [0.29, 0.717) is 12.5 Å². The van der Waals surface area contributed by atoms with Crippen molar-refractivity contribution in [2.45, 2.75) is 26.3 Å². The molecule has 1 aliphatic carbocycles. The average molecular weight is 324 g/mol. The molecule has 1 saturated heterocycles. The first-order chi connectivity index (χ1) is 11.1. The van der Waals surface area contributed by atoms with Crippen molar-refractivity contribution >= 4 is 6.03 Å². The molecule has 2 amide bonds. The van der Waals surface area contributed by atoms with Crippen molar-refractivity contribution < 1.29 is 9.90 Å². The highest BCUT2D eigenvalue weighted by molar-refractivity contribution is 5.74. The molecule has 0 aromatic carbocycles.